The van der Waals surface area contributed by atoms with E-state index in [1.807, 2.05) is 0 Å². The molecule has 3 aromatic rings. The molecule has 0 unspecified atom stereocenters. The molecule has 0 spiro atoms. The van der Waals surface area contributed by atoms with Crippen molar-refractivity contribution in [3.8, 4) is 0 Å². The highest BCUT2D eigenvalue weighted by molar-refractivity contribution is 7.92. The third kappa shape index (κ3) is 4.29. The molecule has 27 heavy (non-hydrogen) atoms. The molecule has 0 aliphatic heterocycles. The standard InChI is InChI=1S/C17H15N3O5S2/c1-2-25-17(22)11-5-3-6-12(9-11)18-15(21)10-27(23,24)14-8-4-7-13-16(14)20-26-19-13/h3-9H,2,10H2,1H3,(H,18,21). The molecule has 0 aliphatic carbocycles. The van der Waals surface area contributed by atoms with Gasteiger partial charge in [0.2, 0.25) is 5.91 Å². The minimum atomic E-state index is -3.91. The summed E-state index contributed by atoms with van der Waals surface area (Å²) in [4.78, 5) is 24.0. The lowest BCUT2D eigenvalue weighted by atomic mass is 10.2. The maximum absolute atomic E-state index is 12.6. The van der Waals surface area contributed by atoms with Crippen molar-refractivity contribution in [1.29, 1.82) is 0 Å². The largest absolute Gasteiger partial charge is 0.462 e. The summed E-state index contributed by atoms with van der Waals surface area (Å²) in [5.74, 6) is -2.01. The first-order valence-electron chi connectivity index (χ1n) is 7.92. The van der Waals surface area contributed by atoms with Crippen molar-refractivity contribution in [2.45, 2.75) is 11.8 Å². The van der Waals surface area contributed by atoms with Crippen molar-refractivity contribution in [3.63, 3.8) is 0 Å². The fourth-order valence-corrected chi connectivity index (χ4v) is 4.33. The number of aromatic nitrogens is 2. The first-order chi connectivity index (χ1) is 12.9. The van der Waals surface area contributed by atoms with Crippen LogP contribution in [-0.4, -0.2) is 41.4 Å². The Morgan fingerprint density at radius 2 is 1.93 bits per heavy atom. The first kappa shape index (κ1) is 18.9. The van der Waals surface area contributed by atoms with Crippen molar-refractivity contribution < 1.29 is 22.7 Å². The quantitative estimate of drug-likeness (QED) is 0.626. The van der Waals surface area contributed by atoms with Crippen LogP contribution in [0.1, 0.15) is 17.3 Å². The third-order valence-corrected chi connectivity index (χ3v) is 5.75. The molecule has 140 valence electrons. The summed E-state index contributed by atoms with van der Waals surface area (Å²) in [6, 6.07) is 10.7. The second-order valence-corrected chi connectivity index (χ2v) is 7.98. The molecule has 3 rings (SSSR count). The lowest BCUT2D eigenvalue weighted by Crippen LogP contribution is -2.23. The van der Waals surface area contributed by atoms with Crippen LogP contribution in [0.15, 0.2) is 47.4 Å². The maximum Gasteiger partial charge on any atom is 0.338 e. The fraction of sp³-hybridized carbons (Fsp3) is 0.176. The predicted molar refractivity (Wildman–Crippen MR) is 100 cm³/mol. The van der Waals surface area contributed by atoms with Crippen molar-refractivity contribution in [2.24, 2.45) is 0 Å². The SMILES string of the molecule is CCOC(=O)c1cccc(NC(=O)CS(=O)(=O)c2cccc3nsnc23)c1. The van der Waals surface area contributed by atoms with Gasteiger partial charge in [-0.1, -0.05) is 12.1 Å². The second kappa shape index (κ2) is 7.80. The Labute approximate surface area is 159 Å². The lowest BCUT2D eigenvalue weighted by Gasteiger charge is -2.08. The number of esters is 1. The molecule has 10 heteroatoms. The van der Waals surface area contributed by atoms with Crippen molar-refractivity contribution in [1.82, 2.24) is 8.75 Å². The number of rotatable bonds is 6. The van der Waals surface area contributed by atoms with Crippen LogP contribution < -0.4 is 5.32 Å². The van der Waals surface area contributed by atoms with Crippen LogP contribution in [-0.2, 0) is 19.4 Å². The van der Waals surface area contributed by atoms with Gasteiger partial charge in [-0.2, -0.15) is 8.75 Å². The average Bonchev–Trinajstić information content (AvgIpc) is 3.10. The summed E-state index contributed by atoms with van der Waals surface area (Å²) in [5, 5.41) is 2.49. The number of anilines is 1. The molecule has 1 aromatic heterocycles. The second-order valence-electron chi connectivity index (χ2n) is 5.50. The van der Waals surface area contributed by atoms with Gasteiger partial charge in [0.25, 0.3) is 0 Å². The van der Waals surface area contributed by atoms with Crippen LogP contribution in [0.4, 0.5) is 5.69 Å². The zero-order chi connectivity index (χ0) is 19.4. The van der Waals surface area contributed by atoms with Crippen LogP contribution in [0.25, 0.3) is 11.0 Å². The molecule has 0 atom stereocenters. The Balaban J connectivity index is 1.77. The van der Waals surface area contributed by atoms with E-state index in [0.717, 1.165) is 11.7 Å². The van der Waals surface area contributed by atoms with Gasteiger partial charge < -0.3 is 10.1 Å². The van der Waals surface area contributed by atoms with E-state index in [4.69, 9.17) is 4.74 Å². The summed E-state index contributed by atoms with van der Waals surface area (Å²) in [7, 11) is -3.91. The average molecular weight is 405 g/mol. The molecule has 1 N–H and O–H groups in total. The molecular weight excluding hydrogens is 390 g/mol. The van der Waals surface area contributed by atoms with Gasteiger partial charge in [-0.15, -0.1) is 0 Å². The number of hydrogen-bond donors (Lipinski definition) is 1. The minimum Gasteiger partial charge on any atom is -0.462 e. The summed E-state index contributed by atoms with van der Waals surface area (Å²) in [5.41, 5.74) is 1.27. The van der Waals surface area contributed by atoms with E-state index in [-0.39, 0.29) is 22.6 Å². The molecule has 1 heterocycles. The molecule has 0 fully saturated rings. The highest BCUT2D eigenvalue weighted by atomic mass is 32.2. The number of amides is 1. The van der Waals surface area contributed by atoms with E-state index in [1.54, 1.807) is 37.3 Å². The van der Waals surface area contributed by atoms with Gasteiger partial charge in [-0.3, -0.25) is 4.79 Å². The van der Waals surface area contributed by atoms with E-state index in [0.29, 0.717) is 11.2 Å². The number of benzene rings is 2. The molecular formula is C17H15N3O5S2. The Morgan fingerprint density at radius 3 is 2.70 bits per heavy atom. The van der Waals surface area contributed by atoms with E-state index in [1.165, 1.54) is 12.1 Å². The number of nitrogens with zero attached hydrogens (tertiary/aromatic N) is 2. The number of sulfone groups is 1. The topological polar surface area (TPSA) is 115 Å². The number of carbonyl (C=O) groups excluding carboxylic acids is 2. The van der Waals surface area contributed by atoms with E-state index < -0.39 is 27.5 Å². The molecule has 1 amide bonds. The number of carbonyl (C=O) groups is 2. The summed E-state index contributed by atoms with van der Waals surface area (Å²) in [6.45, 7) is 1.91. The molecule has 0 radical (unpaired) electrons. The van der Waals surface area contributed by atoms with Gasteiger partial charge in [0, 0.05) is 5.69 Å². The maximum atomic E-state index is 12.6. The number of ether oxygens (including phenoxy) is 1. The minimum absolute atomic E-state index is 0.0378. The van der Waals surface area contributed by atoms with Gasteiger partial charge in [0.05, 0.1) is 28.8 Å². The van der Waals surface area contributed by atoms with Crippen LogP contribution in [0.5, 0.6) is 0 Å². The third-order valence-electron chi connectivity index (χ3n) is 3.56. The number of hydrogen-bond acceptors (Lipinski definition) is 8. The van der Waals surface area contributed by atoms with E-state index in [2.05, 4.69) is 14.1 Å². The Hall–Kier alpha value is -2.85. The zero-order valence-electron chi connectivity index (χ0n) is 14.2. The Bertz CT molecular complexity index is 1110. The molecule has 0 saturated carbocycles. The normalized spacial score (nSPS) is 11.3. The van der Waals surface area contributed by atoms with Crippen molar-refractivity contribution >= 4 is 50.2 Å². The van der Waals surface area contributed by atoms with Crippen LogP contribution in [0.3, 0.4) is 0 Å². The van der Waals surface area contributed by atoms with Crippen LogP contribution in [0, 0.1) is 0 Å². The molecule has 0 saturated heterocycles. The number of nitrogens with one attached hydrogen (secondary N) is 1. The van der Waals surface area contributed by atoms with Crippen molar-refractivity contribution in [2.75, 3.05) is 17.7 Å². The molecule has 0 aliphatic rings. The van der Waals surface area contributed by atoms with Gasteiger partial charge in [0.1, 0.15) is 16.8 Å². The Morgan fingerprint density at radius 1 is 1.15 bits per heavy atom. The Kier molecular flexibility index (Phi) is 5.47. The molecule has 8 nitrogen and oxygen atoms in total. The predicted octanol–water partition coefficient (Wildman–Crippen LogP) is 2.28. The highest BCUT2D eigenvalue weighted by Gasteiger charge is 2.23. The summed E-state index contributed by atoms with van der Waals surface area (Å²) >= 11 is 0.904. The van der Waals surface area contributed by atoms with Crippen LogP contribution >= 0.6 is 11.7 Å². The highest BCUT2D eigenvalue weighted by Crippen LogP contribution is 2.22. The zero-order valence-corrected chi connectivity index (χ0v) is 15.8. The van der Waals surface area contributed by atoms with Gasteiger partial charge in [-0.25, -0.2) is 13.2 Å². The van der Waals surface area contributed by atoms with Crippen LogP contribution in [0.2, 0.25) is 0 Å². The van der Waals surface area contributed by atoms with Gasteiger partial charge in [0.15, 0.2) is 9.84 Å². The molecule has 2 aromatic carbocycles. The van der Waals surface area contributed by atoms with E-state index in [9.17, 15) is 18.0 Å². The summed E-state index contributed by atoms with van der Waals surface area (Å²) < 4.78 is 38.1. The fourth-order valence-electron chi connectivity index (χ4n) is 2.42. The van der Waals surface area contributed by atoms with Gasteiger partial charge >= 0.3 is 5.97 Å². The summed E-state index contributed by atoms with van der Waals surface area (Å²) in [6.07, 6.45) is 0. The van der Waals surface area contributed by atoms with Gasteiger partial charge in [-0.05, 0) is 37.3 Å². The van der Waals surface area contributed by atoms with E-state index >= 15 is 0 Å². The number of fused-ring (bicyclic) bond motifs is 1. The van der Waals surface area contributed by atoms with Crippen molar-refractivity contribution in [3.05, 3.63) is 48.0 Å². The monoisotopic (exact) mass is 405 g/mol. The first-order valence-corrected chi connectivity index (χ1v) is 10.3. The lowest BCUT2D eigenvalue weighted by molar-refractivity contribution is -0.113. The molecule has 0 bridgehead atoms. The smallest absolute Gasteiger partial charge is 0.338 e.